The van der Waals surface area contributed by atoms with Crippen LogP contribution in [0.5, 0.6) is 5.75 Å². The Morgan fingerprint density at radius 3 is 2.63 bits per heavy atom. The van der Waals surface area contributed by atoms with E-state index in [1.54, 1.807) is 4.90 Å². The van der Waals surface area contributed by atoms with Gasteiger partial charge in [0.15, 0.2) is 0 Å². The molecule has 2 N–H and O–H groups in total. The first kappa shape index (κ1) is 23.0. The average molecular weight is 400 g/mol. The predicted octanol–water partition coefficient (Wildman–Crippen LogP) is 2.38. The van der Waals surface area contributed by atoms with Crippen LogP contribution < -0.4 is 10.1 Å². The molecule has 0 radical (unpaired) electrons. The van der Waals surface area contributed by atoms with Gasteiger partial charge in [-0.25, -0.2) is 4.79 Å². The zero-order valence-electron chi connectivity index (χ0n) is 16.0. The van der Waals surface area contributed by atoms with Crippen molar-refractivity contribution in [2.24, 2.45) is 0 Å². The first-order valence-corrected chi connectivity index (χ1v) is 9.17. The van der Waals surface area contributed by atoms with Crippen molar-refractivity contribution in [1.82, 2.24) is 15.1 Å². The van der Waals surface area contributed by atoms with Crippen LogP contribution in [0.1, 0.15) is 25.3 Å². The molecule has 1 saturated heterocycles. The molecule has 0 saturated carbocycles. The number of likely N-dealkylation sites (tertiary alicyclic amines) is 1. The first-order chi connectivity index (χ1) is 12.5. The largest absolute Gasteiger partial charge is 0.492 e. The lowest BCUT2D eigenvalue weighted by Gasteiger charge is -2.37. The van der Waals surface area contributed by atoms with Crippen molar-refractivity contribution in [1.29, 1.82) is 0 Å². The smallest absolute Gasteiger partial charge is 0.317 e. The fourth-order valence-corrected chi connectivity index (χ4v) is 3.25. The van der Waals surface area contributed by atoms with E-state index in [0.717, 1.165) is 24.2 Å². The summed E-state index contributed by atoms with van der Waals surface area (Å²) in [5, 5.41) is 12.0. The number of piperidine rings is 1. The van der Waals surface area contributed by atoms with Crippen molar-refractivity contribution >= 4 is 24.4 Å². The summed E-state index contributed by atoms with van der Waals surface area (Å²) in [6.07, 6.45) is 1.55. The summed E-state index contributed by atoms with van der Waals surface area (Å²) in [6, 6.07) is 7.92. The van der Waals surface area contributed by atoms with Gasteiger partial charge in [0.2, 0.25) is 0 Å². The Kier molecular flexibility index (Phi) is 9.96. The molecule has 152 valence electrons. The maximum Gasteiger partial charge on any atom is 0.317 e. The second-order valence-corrected chi connectivity index (χ2v) is 6.58. The highest BCUT2D eigenvalue weighted by Gasteiger charge is 2.27. The predicted molar refractivity (Wildman–Crippen MR) is 107 cm³/mol. The van der Waals surface area contributed by atoms with Crippen molar-refractivity contribution < 1.29 is 19.4 Å². The monoisotopic (exact) mass is 399 g/mol. The molecule has 0 atom stereocenters. The number of urea groups is 1. The Hall–Kier alpha value is -1.99. The molecular weight excluding hydrogens is 370 g/mol. The number of carbonyl (C=O) groups is 2. The second-order valence-electron chi connectivity index (χ2n) is 6.58. The van der Waals surface area contributed by atoms with E-state index in [-0.39, 0.29) is 31.0 Å². The van der Waals surface area contributed by atoms with E-state index in [4.69, 9.17) is 4.74 Å². The van der Waals surface area contributed by atoms with Crippen LogP contribution in [0.2, 0.25) is 0 Å². The number of nitrogens with zero attached hydrogens (tertiary/aromatic N) is 2. The Morgan fingerprint density at radius 2 is 2.04 bits per heavy atom. The quantitative estimate of drug-likeness (QED) is 0.701. The molecule has 0 aliphatic carbocycles. The van der Waals surface area contributed by atoms with E-state index in [1.165, 1.54) is 0 Å². The lowest BCUT2D eigenvalue weighted by Crippen LogP contribution is -2.51. The summed E-state index contributed by atoms with van der Waals surface area (Å²) in [6.45, 7) is 6.78. The highest BCUT2D eigenvalue weighted by Crippen LogP contribution is 2.17. The van der Waals surface area contributed by atoms with Gasteiger partial charge in [0, 0.05) is 32.2 Å². The maximum atomic E-state index is 11.9. The van der Waals surface area contributed by atoms with Crippen molar-refractivity contribution in [2.75, 3.05) is 39.3 Å². The van der Waals surface area contributed by atoms with Gasteiger partial charge in [-0.2, -0.15) is 0 Å². The maximum absolute atomic E-state index is 11.9. The zero-order chi connectivity index (χ0) is 18.9. The molecule has 1 heterocycles. The molecule has 27 heavy (non-hydrogen) atoms. The molecule has 8 heteroatoms. The van der Waals surface area contributed by atoms with E-state index in [0.29, 0.717) is 32.8 Å². The molecule has 1 aliphatic rings. The molecule has 0 aromatic heterocycles. The van der Waals surface area contributed by atoms with Crippen molar-refractivity contribution in [3.63, 3.8) is 0 Å². The van der Waals surface area contributed by atoms with Gasteiger partial charge in [-0.15, -0.1) is 12.4 Å². The lowest BCUT2D eigenvalue weighted by atomic mass is 10.0. The molecule has 7 nitrogen and oxygen atoms in total. The standard InChI is InChI=1S/C19H29N3O4.ClH/c1-3-20-19(25)21-9-7-16(8-10-21)22(14-18(23)24)11-12-26-17-6-4-5-15(2)13-17;/h4-6,13,16H,3,7-12,14H2,1-2H3,(H,20,25)(H,23,24);1H. The average Bonchev–Trinajstić information content (AvgIpc) is 2.61. The summed E-state index contributed by atoms with van der Waals surface area (Å²) in [5.74, 6) is -0.0435. The summed E-state index contributed by atoms with van der Waals surface area (Å²) in [5.41, 5.74) is 1.13. The number of carboxylic acid groups (broad SMARTS) is 1. The van der Waals surface area contributed by atoms with E-state index < -0.39 is 5.97 Å². The van der Waals surface area contributed by atoms with Crippen LogP contribution in [0.3, 0.4) is 0 Å². The van der Waals surface area contributed by atoms with E-state index in [9.17, 15) is 14.7 Å². The molecule has 1 aliphatic heterocycles. The van der Waals surface area contributed by atoms with Crippen LogP contribution in [-0.4, -0.2) is 72.3 Å². The summed E-state index contributed by atoms with van der Waals surface area (Å²) >= 11 is 0. The minimum absolute atomic E-state index is 0. The third-order valence-electron chi connectivity index (χ3n) is 4.57. The first-order valence-electron chi connectivity index (χ1n) is 9.17. The van der Waals surface area contributed by atoms with Gasteiger partial charge in [0.05, 0.1) is 6.54 Å². The normalized spacial score (nSPS) is 14.6. The number of nitrogens with one attached hydrogen (secondary N) is 1. The number of halogens is 1. The molecule has 2 rings (SSSR count). The minimum Gasteiger partial charge on any atom is -0.492 e. The number of benzene rings is 1. The summed E-state index contributed by atoms with van der Waals surface area (Å²) in [7, 11) is 0. The molecular formula is C19H30ClN3O4. The molecule has 2 amide bonds. The Morgan fingerprint density at radius 1 is 1.33 bits per heavy atom. The van der Waals surface area contributed by atoms with Gasteiger partial charge in [-0.1, -0.05) is 12.1 Å². The van der Waals surface area contributed by atoms with Crippen LogP contribution in [0.25, 0.3) is 0 Å². The number of aryl methyl sites for hydroxylation is 1. The SMILES string of the molecule is CCNC(=O)N1CCC(N(CCOc2cccc(C)c2)CC(=O)O)CC1.Cl. The van der Waals surface area contributed by atoms with Crippen molar-refractivity contribution in [2.45, 2.75) is 32.7 Å². The number of aliphatic carboxylic acids is 1. The van der Waals surface area contributed by atoms with Crippen molar-refractivity contribution in [3.8, 4) is 5.75 Å². The van der Waals surface area contributed by atoms with Crippen LogP contribution in [-0.2, 0) is 4.79 Å². The fourth-order valence-electron chi connectivity index (χ4n) is 3.25. The fraction of sp³-hybridized carbons (Fsp3) is 0.579. The van der Waals surface area contributed by atoms with Gasteiger partial charge >= 0.3 is 12.0 Å². The van der Waals surface area contributed by atoms with Crippen LogP contribution in [0.4, 0.5) is 4.79 Å². The highest BCUT2D eigenvalue weighted by molar-refractivity contribution is 5.85. The summed E-state index contributed by atoms with van der Waals surface area (Å²) < 4.78 is 5.77. The number of hydrogen-bond acceptors (Lipinski definition) is 4. The summed E-state index contributed by atoms with van der Waals surface area (Å²) in [4.78, 5) is 26.9. The van der Waals surface area contributed by atoms with Crippen LogP contribution in [0, 0.1) is 6.92 Å². The zero-order valence-corrected chi connectivity index (χ0v) is 16.8. The van der Waals surface area contributed by atoms with Crippen molar-refractivity contribution in [3.05, 3.63) is 29.8 Å². The highest BCUT2D eigenvalue weighted by atomic mass is 35.5. The third kappa shape index (κ3) is 7.64. The van der Waals surface area contributed by atoms with Crippen LogP contribution >= 0.6 is 12.4 Å². The number of carboxylic acids is 1. The minimum atomic E-state index is -0.841. The van der Waals surface area contributed by atoms with Gasteiger partial charge in [-0.3, -0.25) is 9.69 Å². The molecule has 0 bridgehead atoms. The molecule has 1 aromatic rings. The van der Waals surface area contributed by atoms with E-state index in [2.05, 4.69) is 5.32 Å². The van der Waals surface area contributed by atoms with Gasteiger partial charge < -0.3 is 20.1 Å². The lowest BCUT2D eigenvalue weighted by molar-refractivity contribution is -0.139. The van der Waals surface area contributed by atoms with Gasteiger partial charge in [0.1, 0.15) is 12.4 Å². The van der Waals surface area contributed by atoms with Gasteiger partial charge in [-0.05, 0) is 44.4 Å². The molecule has 1 aromatic carbocycles. The number of amides is 2. The molecule has 0 spiro atoms. The third-order valence-corrected chi connectivity index (χ3v) is 4.57. The molecule has 1 fully saturated rings. The topological polar surface area (TPSA) is 82.1 Å². The Balaban J connectivity index is 0.00000364. The van der Waals surface area contributed by atoms with E-state index in [1.807, 2.05) is 43.0 Å². The Labute approximate surface area is 167 Å². The number of hydrogen-bond donors (Lipinski definition) is 2. The van der Waals surface area contributed by atoms with Gasteiger partial charge in [0.25, 0.3) is 0 Å². The van der Waals surface area contributed by atoms with Crippen LogP contribution in [0.15, 0.2) is 24.3 Å². The number of ether oxygens (including phenoxy) is 1. The number of rotatable bonds is 8. The van der Waals surface area contributed by atoms with E-state index >= 15 is 0 Å². The second kappa shape index (κ2) is 11.7. The Bertz CT molecular complexity index is 606. The number of carbonyl (C=O) groups excluding carboxylic acids is 1. The molecule has 0 unspecified atom stereocenters.